The predicted octanol–water partition coefficient (Wildman–Crippen LogP) is 2.25. The molecule has 0 radical (unpaired) electrons. The Morgan fingerprint density at radius 1 is 1.19 bits per heavy atom. The number of aromatic nitrogens is 3. The Hall–Kier alpha value is -1.82. The number of hydrogen-bond donors (Lipinski definition) is 1. The van der Waals surface area contributed by atoms with Gasteiger partial charge in [-0.15, -0.1) is 0 Å². The van der Waals surface area contributed by atoms with Gasteiger partial charge in [0.25, 0.3) is 0 Å². The third kappa shape index (κ3) is 4.60. The van der Waals surface area contributed by atoms with Crippen molar-refractivity contribution in [1.29, 1.82) is 0 Å². The van der Waals surface area contributed by atoms with E-state index < -0.39 is 11.6 Å². The van der Waals surface area contributed by atoms with Crippen LogP contribution in [-0.2, 0) is 19.9 Å². The molecule has 0 saturated heterocycles. The molecule has 2 rings (SSSR count). The summed E-state index contributed by atoms with van der Waals surface area (Å²) in [7, 11) is 1.83. The molecule has 1 heterocycles. The normalized spacial score (nSPS) is 12.6. The van der Waals surface area contributed by atoms with Crippen molar-refractivity contribution in [2.24, 2.45) is 7.05 Å². The Kier molecular flexibility index (Phi) is 5.38. The summed E-state index contributed by atoms with van der Waals surface area (Å²) in [5, 5.41) is 7.44. The number of nitrogens with one attached hydrogen (secondary N) is 1. The fourth-order valence-corrected chi connectivity index (χ4v) is 2.30. The molecule has 2 aromatic rings. The summed E-state index contributed by atoms with van der Waals surface area (Å²) in [5.41, 5.74) is 0.642. The van der Waals surface area contributed by atoms with Crippen LogP contribution in [0.25, 0.3) is 0 Å². The van der Waals surface area contributed by atoms with Gasteiger partial charge >= 0.3 is 0 Å². The Morgan fingerprint density at radius 2 is 1.90 bits per heavy atom. The maximum atomic E-state index is 13.3. The number of hydrogen-bond acceptors (Lipinski definition) is 3. The van der Waals surface area contributed by atoms with E-state index in [1.54, 1.807) is 4.68 Å². The Bertz CT molecular complexity index is 563. The van der Waals surface area contributed by atoms with Gasteiger partial charge in [0.05, 0.1) is 0 Å². The number of rotatable bonds is 7. The lowest BCUT2D eigenvalue weighted by atomic mass is 10.0. The van der Waals surface area contributed by atoms with Crippen molar-refractivity contribution in [1.82, 2.24) is 20.1 Å². The molecule has 4 nitrogen and oxygen atoms in total. The molecule has 0 saturated carbocycles. The first kappa shape index (κ1) is 15.6. The van der Waals surface area contributed by atoms with Crippen molar-refractivity contribution in [3.8, 4) is 0 Å². The van der Waals surface area contributed by atoms with Crippen molar-refractivity contribution in [2.75, 3.05) is 6.54 Å². The van der Waals surface area contributed by atoms with Crippen LogP contribution in [-0.4, -0.2) is 27.4 Å². The van der Waals surface area contributed by atoms with E-state index in [1.807, 2.05) is 7.05 Å². The summed E-state index contributed by atoms with van der Waals surface area (Å²) in [6, 6.07) is 3.70. The highest BCUT2D eigenvalue weighted by molar-refractivity contribution is 5.19. The highest BCUT2D eigenvalue weighted by atomic mass is 19.1. The lowest BCUT2D eigenvalue weighted by Crippen LogP contribution is -2.34. The van der Waals surface area contributed by atoms with E-state index in [0.717, 1.165) is 24.9 Å². The number of benzene rings is 1. The molecule has 0 aliphatic heterocycles. The van der Waals surface area contributed by atoms with Crippen LogP contribution in [0.2, 0.25) is 0 Å². The summed E-state index contributed by atoms with van der Waals surface area (Å²) in [5.74, 6) is -0.240. The van der Waals surface area contributed by atoms with Gasteiger partial charge in [0, 0.05) is 25.6 Å². The maximum Gasteiger partial charge on any atom is 0.138 e. The van der Waals surface area contributed by atoms with Gasteiger partial charge in [-0.25, -0.2) is 13.8 Å². The minimum absolute atomic E-state index is 0.0639. The molecule has 6 heteroatoms. The van der Waals surface area contributed by atoms with Gasteiger partial charge in [0.2, 0.25) is 0 Å². The minimum Gasteiger partial charge on any atom is -0.313 e. The van der Waals surface area contributed by atoms with Gasteiger partial charge in [0.1, 0.15) is 23.8 Å². The zero-order chi connectivity index (χ0) is 15.2. The smallest absolute Gasteiger partial charge is 0.138 e. The Morgan fingerprint density at radius 3 is 2.48 bits per heavy atom. The summed E-state index contributed by atoms with van der Waals surface area (Å²) in [4.78, 5) is 4.20. The van der Waals surface area contributed by atoms with Crippen LogP contribution < -0.4 is 5.32 Å². The zero-order valence-electron chi connectivity index (χ0n) is 12.3. The molecule has 114 valence electrons. The fraction of sp³-hybridized carbons (Fsp3) is 0.467. The molecular weight excluding hydrogens is 274 g/mol. The fourth-order valence-electron chi connectivity index (χ4n) is 2.30. The molecule has 0 aliphatic rings. The van der Waals surface area contributed by atoms with E-state index in [0.29, 0.717) is 18.4 Å². The zero-order valence-corrected chi connectivity index (χ0v) is 12.3. The molecule has 1 atom stereocenters. The van der Waals surface area contributed by atoms with Crippen LogP contribution in [0.15, 0.2) is 24.5 Å². The van der Waals surface area contributed by atoms with Gasteiger partial charge in [-0.2, -0.15) is 5.10 Å². The van der Waals surface area contributed by atoms with Crippen LogP contribution in [0, 0.1) is 11.6 Å². The third-order valence-corrected chi connectivity index (χ3v) is 3.32. The number of halogens is 2. The Labute approximate surface area is 123 Å². The van der Waals surface area contributed by atoms with Crippen molar-refractivity contribution in [3.05, 3.63) is 47.5 Å². The van der Waals surface area contributed by atoms with Crippen LogP contribution in [0.4, 0.5) is 8.78 Å². The van der Waals surface area contributed by atoms with E-state index in [1.165, 1.54) is 18.5 Å². The van der Waals surface area contributed by atoms with Crippen LogP contribution in [0.1, 0.15) is 24.7 Å². The van der Waals surface area contributed by atoms with Gasteiger partial charge in [-0.3, -0.25) is 4.68 Å². The minimum atomic E-state index is -0.544. The molecule has 0 amide bonds. The van der Waals surface area contributed by atoms with Crippen LogP contribution in [0.3, 0.4) is 0 Å². The lowest BCUT2D eigenvalue weighted by Gasteiger charge is -2.18. The van der Waals surface area contributed by atoms with Gasteiger partial charge in [0.15, 0.2) is 0 Å². The summed E-state index contributed by atoms with van der Waals surface area (Å²) in [6.07, 6.45) is 3.71. The van der Waals surface area contributed by atoms with E-state index >= 15 is 0 Å². The van der Waals surface area contributed by atoms with Gasteiger partial charge in [-0.1, -0.05) is 6.92 Å². The summed E-state index contributed by atoms with van der Waals surface area (Å²) >= 11 is 0. The highest BCUT2D eigenvalue weighted by Crippen LogP contribution is 2.12. The van der Waals surface area contributed by atoms with Crippen LogP contribution in [0.5, 0.6) is 0 Å². The van der Waals surface area contributed by atoms with Gasteiger partial charge in [-0.05, 0) is 37.1 Å². The number of nitrogens with zero attached hydrogens (tertiary/aromatic N) is 3. The SMILES string of the molecule is CCCNC(Cc1cc(F)cc(F)c1)Cc1ncnn1C. The quantitative estimate of drug-likeness (QED) is 0.851. The topological polar surface area (TPSA) is 42.7 Å². The summed E-state index contributed by atoms with van der Waals surface area (Å²) < 4.78 is 28.3. The molecule has 0 spiro atoms. The molecule has 1 aromatic carbocycles. The molecule has 1 N–H and O–H groups in total. The average Bonchev–Trinajstić information content (AvgIpc) is 2.80. The van der Waals surface area contributed by atoms with Crippen molar-refractivity contribution in [3.63, 3.8) is 0 Å². The second-order valence-corrected chi connectivity index (χ2v) is 5.14. The molecule has 0 aliphatic carbocycles. The molecule has 0 bridgehead atoms. The second kappa shape index (κ2) is 7.26. The average molecular weight is 294 g/mol. The third-order valence-electron chi connectivity index (χ3n) is 3.32. The highest BCUT2D eigenvalue weighted by Gasteiger charge is 2.14. The molecule has 0 fully saturated rings. The molecule has 1 unspecified atom stereocenters. The van der Waals surface area contributed by atoms with E-state index in [4.69, 9.17) is 0 Å². The first-order valence-electron chi connectivity index (χ1n) is 7.09. The standard InChI is InChI=1S/C15H20F2N4/c1-3-4-18-14(9-15-19-10-20-21(15)2)7-11-5-12(16)8-13(17)6-11/h5-6,8,10,14,18H,3-4,7,9H2,1-2H3. The molecular formula is C15H20F2N4. The van der Waals surface area contributed by atoms with Crippen LogP contribution >= 0.6 is 0 Å². The largest absolute Gasteiger partial charge is 0.313 e. The first-order valence-corrected chi connectivity index (χ1v) is 7.09. The first-order chi connectivity index (χ1) is 10.1. The Balaban J connectivity index is 2.10. The predicted molar refractivity (Wildman–Crippen MR) is 76.9 cm³/mol. The van der Waals surface area contributed by atoms with E-state index in [-0.39, 0.29) is 6.04 Å². The number of aryl methyl sites for hydroxylation is 1. The lowest BCUT2D eigenvalue weighted by molar-refractivity contribution is 0.482. The molecule has 21 heavy (non-hydrogen) atoms. The summed E-state index contributed by atoms with van der Waals surface area (Å²) in [6.45, 7) is 2.93. The maximum absolute atomic E-state index is 13.3. The van der Waals surface area contributed by atoms with Gasteiger partial charge < -0.3 is 5.32 Å². The van der Waals surface area contributed by atoms with Crippen molar-refractivity contribution >= 4 is 0 Å². The molecule has 1 aromatic heterocycles. The monoisotopic (exact) mass is 294 g/mol. The second-order valence-electron chi connectivity index (χ2n) is 5.14. The van der Waals surface area contributed by atoms with Crippen molar-refractivity contribution < 1.29 is 8.78 Å². The van der Waals surface area contributed by atoms with Crippen molar-refractivity contribution in [2.45, 2.75) is 32.2 Å². The van der Waals surface area contributed by atoms with E-state index in [9.17, 15) is 8.78 Å². The van der Waals surface area contributed by atoms with E-state index in [2.05, 4.69) is 22.3 Å².